The summed E-state index contributed by atoms with van der Waals surface area (Å²) in [6, 6.07) is 19.0. The zero-order valence-corrected chi connectivity index (χ0v) is 26.1. The summed E-state index contributed by atoms with van der Waals surface area (Å²) in [5.74, 6) is 0.00835. The summed E-state index contributed by atoms with van der Waals surface area (Å²) in [7, 11) is 0. The molecule has 8 heteroatoms. The van der Waals surface area contributed by atoms with Crippen LogP contribution in [0.5, 0.6) is 0 Å². The van der Waals surface area contributed by atoms with Gasteiger partial charge < -0.3 is 15.0 Å². The van der Waals surface area contributed by atoms with Gasteiger partial charge in [-0.05, 0) is 138 Å². The Morgan fingerprint density at radius 3 is 2.73 bits per heavy atom. The Morgan fingerprint density at radius 2 is 1.89 bits per heavy atom. The number of nitrogens with one attached hydrogen (secondary N) is 1. The standard InChI is InChI=1S/C36H41N5O2S/c42-36(38-27-12-13-27)31-9-1-2-10-34(31)44-29-15-16-30-32(39-41(33(30)25-29)35-11-3-6-23-43-35)17-14-28-24-26(18-19-37-28)8-7-22-40-20-4-5-21-40/h1-2,9-10,14-19,24-25,27,35H,3-8,11-13,20-23H2,(H,38,42)/b17-14+. The first-order valence-electron chi connectivity index (χ1n) is 16.3. The molecule has 2 aromatic heterocycles. The zero-order chi connectivity index (χ0) is 29.7. The highest BCUT2D eigenvalue weighted by atomic mass is 32.2. The molecule has 0 radical (unpaired) electrons. The minimum absolute atomic E-state index is 0.00835. The summed E-state index contributed by atoms with van der Waals surface area (Å²) in [6.07, 6.45) is 16.2. The van der Waals surface area contributed by atoms with E-state index in [1.54, 1.807) is 11.8 Å². The molecule has 4 aromatic rings. The van der Waals surface area contributed by atoms with Crippen molar-refractivity contribution in [3.8, 4) is 0 Å². The number of carbonyl (C=O) groups excluding carboxylic acids is 1. The molecule has 228 valence electrons. The molecule has 1 atom stereocenters. The van der Waals surface area contributed by atoms with Gasteiger partial charge in [0.1, 0.15) is 0 Å². The molecule has 7 rings (SSSR count). The Hall–Kier alpha value is -3.46. The first kappa shape index (κ1) is 29.3. The minimum Gasteiger partial charge on any atom is -0.356 e. The molecule has 3 fully saturated rings. The lowest BCUT2D eigenvalue weighted by Gasteiger charge is -2.23. The maximum Gasteiger partial charge on any atom is 0.252 e. The van der Waals surface area contributed by atoms with Gasteiger partial charge >= 0.3 is 0 Å². The number of rotatable bonds is 11. The van der Waals surface area contributed by atoms with Crippen molar-refractivity contribution >= 4 is 40.7 Å². The fourth-order valence-electron chi connectivity index (χ4n) is 6.24. The van der Waals surface area contributed by atoms with Crippen molar-refractivity contribution in [1.82, 2.24) is 25.0 Å². The molecule has 0 spiro atoms. The lowest BCUT2D eigenvalue weighted by atomic mass is 10.1. The molecule has 1 N–H and O–H groups in total. The van der Waals surface area contributed by atoms with Gasteiger partial charge in [-0.2, -0.15) is 5.10 Å². The van der Waals surface area contributed by atoms with Crippen LogP contribution in [0.15, 0.2) is 70.6 Å². The van der Waals surface area contributed by atoms with Crippen molar-refractivity contribution in [1.29, 1.82) is 0 Å². The number of aryl methyl sites for hydroxylation is 1. The second-order valence-corrected chi connectivity index (χ2v) is 13.4. The molecular formula is C36H41N5O2S. The van der Waals surface area contributed by atoms with Crippen LogP contribution in [-0.2, 0) is 11.2 Å². The van der Waals surface area contributed by atoms with E-state index < -0.39 is 0 Å². The number of pyridine rings is 1. The lowest BCUT2D eigenvalue weighted by molar-refractivity contribution is -0.0367. The smallest absolute Gasteiger partial charge is 0.252 e. The van der Waals surface area contributed by atoms with Gasteiger partial charge in [0.05, 0.1) is 22.5 Å². The summed E-state index contributed by atoms with van der Waals surface area (Å²) in [5.41, 5.74) is 4.97. The van der Waals surface area contributed by atoms with Crippen molar-refractivity contribution in [3.63, 3.8) is 0 Å². The van der Waals surface area contributed by atoms with Gasteiger partial charge in [0.15, 0.2) is 6.23 Å². The van der Waals surface area contributed by atoms with E-state index in [0.29, 0.717) is 6.04 Å². The Labute approximate surface area is 264 Å². The second-order valence-electron chi connectivity index (χ2n) is 12.3. The molecule has 1 saturated carbocycles. The lowest BCUT2D eigenvalue weighted by Crippen LogP contribution is -2.25. The molecule has 1 aliphatic carbocycles. The van der Waals surface area contributed by atoms with Crippen LogP contribution in [-0.4, -0.2) is 57.9 Å². The van der Waals surface area contributed by atoms with Crippen LogP contribution < -0.4 is 5.32 Å². The molecule has 0 bridgehead atoms. The number of carbonyl (C=O) groups is 1. The molecule has 1 unspecified atom stereocenters. The van der Waals surface area contributed by atoms with Crippen LogP contribution in [0.3, 0.4) is 0 Å². The third-order valence-corrected chi connectivity index (χ3v) is 9.87. The number of fused-ring (bicyclic) bond motifs is 1. The topological polar surface area (TPSA) is 72.3 Å². The Bertz CT molecular complexity index is 1630. The highest BCUT2D eigenvalue weighted by Crippen LogP contribution is 2.36. The number of likely N-dealkylation sites (tertiary alicyclic amines) is 1. The van der Waals surface area contributed by atoms with Crippen molar-refractivity contribution in [2.24, 2.45) is 0 Å². The number of benzene rings is 2. The Balaban J connectivity index is 1.13. The Morgan fingerprint density at radius 1 is 1.00 bits per heavy atom. The van der Waals surface area contributed by atoms with E-state index in [1.807, 2.05) is 30.5 Å². The molecule has 3 aliphatic rings. The largest absolute Gasteiger partial charge is 0.356 e. The van der Waals surface area contributed by atoms with Crippen molar-refractivity contribution < 1.29 is 9.53 Å². The molecule has 4 heterocycles. The van der Waals surface area contributed by atoms with Gasteiger partial charge in [0, 0.05) is 34.0 Å². The maximum absolute atomic E-state index is 12.9. The molecule has 7 nitrogen and oxygen atoms in total. The van der Waals surface area contributed by atoms with Gasteiger partial charge in [-0.25, -0.2) is 4.68 Å². The van der Waals surface area contributed by atoms with E-state index >= 15 is 0 Å². The van der Waals surface area contributed by atoms with E-state index in [1.165, 1.54) is 44.5 Å². The summed E-state index contributed by atoms with van der Waals surface area (Å²) >= 11 is 1.62. The number of aromatic nitrogens is 3. The average Bonchev–Trinajstić information content (AvgIpc) is 3.57. The highest BCUT2D eigenvalue weighted by Gasteiger charge is 2.25. The van der Waals surface area contributed by atoms with Gasteiger partial charge in [0.2, 0.25) is 0 Å². The van der Waals surface area contributed by atoms with Gasteiger partial charge in [-0.15, -0.1) is 0 Å². The molecule has 2 aromatic carbocycles. The fraction of sp³-hybridized carbons (Fsp3) is 0.417. The predicted octanol–water partition coefficient (Wildman–Crippen LogP) is 7.37. The van der Waals surface area contributed by atoms with E-state index in [0.717, 1.165) is 82.8 Å². The molecule has 2 aliphatic heterocycles. The zero-order valence-electron chi connectivity index (χ0n) is 25.3. The normalized spacial score (nSPS) is 19.2. The first-order valence-corrected chi connectivity index (χ1v) is 17.1. The van der Waals surface area contributed by atoms with Gasteiger partial charge in [-0.1, -0.05) is 23.9 Å². The van der Waals surface area contributed by atoms with E-state index in [2.05, 4.69) is 62.4 Å². The maximum atomic E-state index is 12.9. The van der Waals surface area contributed by atoms with Crippen molar-refractivity contribution in [3.05, 3.63) is 83.3 Å². The van der Waals surface area contributed by atoms with Gasteiger partial charge in [-0.3, -0.25) is 9.78 Å². The van der Waals surface area contributed by atoms with Crippen LogP contribution in [0.25, 0.3) is 23.1 Å². The van der Waals surface area contributed by atoms with Crippen molar-refractivity contribution in [2.45, 2.75) is 79.8 Å². The molecule has 44 heavy (non-hydrogen) atoms. The number of hydrogen-bond donors (Lipinski definition) is 1. The third kappa shape index (κ3) is 7.09. The van der Waals surface area contributed by atoms with Crippen LogP contribution in [0.1, 0.15) is 84.9 Å². The van der Waals surface area contributed by atoms with E-state index in [9.17, 15) is 4.79 Å². The first-order chi connectivity index (χ1) is 21.7. The fourth-order valence-corrected chi connectivity index (χ4v) is 7.22. The summed E-state index contributed by atoms with van der Waals surface area (Å²) in [6.45, 7) is 4.44. The summed E-state index contributed by atoms with van der Waals surface area (Å²) < 4.78 is 8.25. The van der Waals surface area contributed by atoms with E-state index in [4.69, 9.17) is 9.84 Å². The quantitative estimate of drug-likeness (QED) is 0.192. The van der Waals surface area contributed by atoms with Crippen molar-refractivity contribution in [2.75, 3.05) is 26.2 Å². The highest BCUT2D eigenvalue weighted by molar-refractivity contribution is 7.99. The van der Waals surface area contributed by atoms with Crippen LogP contribution in [0.4, 0.5) is 0 Å². The monoisotopic (exact) mass is 607 g/mol. The third-order valence-electron chi connectivity index (χ3n) is 8.80. The molecule has 1 amide bonds. The second kappa shape index (κ2) is 13.7. The van der Waals surface area contributed by atoms with Crippen LogP contribution >= 0.6 is 11.8 Å². The molecular weight excluding hydrogens is 566 g/mol. The molecule has 2 saturated heterocycles. The minimum atomic E-state index is -0.0812. The number of hydrogen-bond acceptors (Lipinski definition) is 6. The van der Waals surface area contributed by atoms with Crippen LogP contribution in [0, 0.1) is 0 Å². The number of nitrogens with zero attached hydrogens (tertiary/aromatic N) is 4. The van der Waals surface area contributed by atoms with Gasteiger partial charge in [0.25, 0.3) is 5.91 Å². The van der Waals surface area contributed by atoms with E-state index in [-0.39, 0.29) is 12.1 Å². The number of ether oxygens (including phenoxy) is 1. The predicted molar refractivity (Wildman–Crippen MR) is 177 cm³/mol. The summed E-state index contributed by atoms with van der Waals surface area (Å²) in [5, 5.41) is 9.30. The number of amides is 1. The average molecular weight is 608 g/mol. The Kier molecular flexibility index (Phi) is 9.09. The van der Waals surface area contributed by atoms with Crippen LogP contribution in [0.2, 0.25) is 0 Å². The summed E-state index contributed by atoms with van der Waals surface area (Å²) in [4.78, 5) is 22.2. The SMILES string of the molecule is O=C(NC1CC1)c1ccccc1Sc1ccc2c(/C=C/c3cc(CCCN4CCCC4)ccn3)nn(C3CCCCO3)c2c1.